The number of rotatable bonds is 2. The Hall–Kier alpha value is -2.21. The molecule has 3 rings (SSSR count). The number of hydrogen-bond donors (Lipinski definition) is 1. The first-order chi connectivity index (χ1) is 10.5. The number of nitrogens with zero attached hydrogens (tertiary/aromatic N) is 4. The second-order valence-corrected chi connectivity index (χ2v) is 5.77. The first-order valence-corrected chi connectivity index (χ1v) is 7.51. The number of carbonyl (C=O) groups excluding carboxylic acids is 1. The molecule has 0 radical (unpaired) electrons. The van der Waals surface area contributed by atoms with E-state index in [1.807, 2.05) is 26.0 Å². The van der Waals surface area contributed by atoms with Crippen LogP contribution < -0.4 is 0 Å². The van der Waals surface area contributed by atoms with Gasteiger partial charge < -0.3 is 10.0 Å². The first-order valence-electron chi connectivity index (χ1n) is 7.51. The first kappa shape index (κ1) is 14.7. The predicted octanol–water partition coefficient (Wildman–Crippen LogP) is 1.48. The summed E-state index contributed by atoms with van der Waals surface area (Å²) < 4.78 is 1.76. The average molecular weight is 300 g/mol. The van der Waals surface area contributed by atoms with Gasteiger partial charge in [0, 0.05) is 25.0 Å². The summed E-state index contributed by atoms with van der Waals surface area (Å²) in [4.78, 5) is 18.5. The van der Waals surface area contributed by atoms with Gasteiger partial charge in [-0.2, -0.15) is 5.10 Å². The summed E-state index contributed by atoms with van der Waals surface area (Å²) in [6, 6.07) is 5.58. The minimum atomic E-state index is -0.282. The van der Waals surface area contributed by atoms with Crippen LogP contribution in [0.15, 0.2) is 24.4 Å². The number of aromatic nitrogens is 3. The standard InChI is InChI=1S/C16H20N4O2/c1-11-9-12(2)20(18-11)15-4-3-13(10-17-15)16(22)19-7-5-14(21)6-8-19/h3-4,9-10,14,21H,5-8H2,1-2H3. The number of piperidine rings is 1. The number of likely N-dealkylation sites (tertiary alicyclic amines) is 1. The minimum absolute atomic E-state index is 0.0284. The second kappa shape index (κ2) is 5.88. The molecule has 0 aliphatic carbocycles. The maximum Gasteiger partial charge on any atom is 0.255 e. The molecule has 1 amide bonds. The maximum atomic E-state index is 12.4. The third-order valence-corrected chi connectivity index (χ3v) is 3.97. The Morgan fingerprint density at radius 2 is 2.00 bits per heavy atom. The molecule has 0 aromatic carbocycles. The number of aryl methyl sites for hydroxylation is 2. The summed E-state index contributed by atoms with van der Waals surface area (Å²) in [5.41, 5.74) is 2.52. The molecule has 1 N–H and O–H groups in total. The van der Waals surface area contributed by atoms with Gasteiger partial charge in [-0.25, -0.2) is 9.67 Å². The molecule has 0 bridgehead atoms. The highest BCUT2D eigenvalue weighted by Crippen LogP contribution is 2.15. The summed E-state index contributed by atoms with van der Waals surface area (Å²) in [6.07, 6.45) is 2.60. The normalized spacial score (nSPS) is 16.0. The number of hydrogen-bond acceptors (Lipinski definition) is 4. The zero-order valence-corrected chi connectivity index (χ0v) is 12.9. The molecule has 0 spiro atoms. The van der Waals surface area contributed by atoms with Crippen LogP contribution in [-0.4, -0.2) is 49.9 Å². The Bertz CT molecular complexity index is 670. The lowest BCUT2D eigenvalue weighted by Gasteiger charge is -2.29. The fourth-order valence-corrected chi connectivity index (χ4v) is 2.75. The molecule has 0 saturated carbocycles. The van der Waals surface area contributed by atoms with E-state index >= 15 is 0 Å². The number of amides is 1. The van der Waals surface area contributed by atoms with Gasteiger partial charge in [-0.1, -0.05) is 0 Å². The monoisotopic (exact) mass is 300 g/mol. The highest BCUT2D eigenvalue weighted by atomic mass is 16.3. The van der Waals surface area contributed by atoms with Gasteiger partial charge >= 0.3 is 0 Å². The molecule has 1 saturated heterocycles. The maximum absolute atomic E-state index is 12.4. The van der Waals surface area contributed by atoms with Crippen LogP contribution in [0.4, 0.5) is 0 Å². The van der Waals surface area contributed by atoms with E-state index in [1.165, 1.54) is 0 Å². The summed E-state index contributed by atoms with van der Waals surface area (Å²) in [6.45, 7) is 5.10. The molecule has 1 fully saturated rings. The highest BCUT2D eigenvalue weighted by molar-refractivity contribution is 5.94. The third-order valence-electron chi connectivity index (χ3n) is 3.97. The number of aliphatic hydroxyl groups is 1. The number of carbonyl (C=O) groups is 1. The van der Waals surface area contributed by atoms with Crippen molar-refractivity contribution in [1.82, 2.24) is 19.7 Å². The quantitative estimate of drug-likeness (QED) is 0.912. The van der Waals surface area contributed by atoms with E-state index in [4.69, 9.17) is 0 Å². The lowest BCUT2D eigenvalue weighted by Crippen LogP contribution is -2.40. The molecule has 1 aliphatic rings. The Morgan fingerprint density at radius 3 is 2.55 bits per heavy atom. The van der Waals surface area contributed by atoms with Gasteiger partial charge in [-0.3, -0.25) is 4.79 Å². The Balaban J connectivity index is 1.76. The minimum Gasteiger partial charge on any atom is -0.393 e. The Labute approximate surface area is 129 Å². The van der Waals surface area contributed by atoms with Gasteiger partial charge in [-0.15, -0.1) is 0 Å². The van der Waals surface area contributed by atoms with E-state index in [0.29, 0.717) is 37.3 Å². The van der Waals surface area contributed by atoms with Crippen molar-refractivity contribution in [2.75, 3.05) is 13.1 Å². The summed E-state index contributed by atoms with van der Waals surface area (Å²) in [5, 5.41) is 13.9. The zero-order chi connectivity index (χ0) is 15.7. The molecular formula is C16H20N4O2. The third kappa shape index (κ3) is 2.87. The van der Waals surface area contributed by atoms with Crippen molar-refractivity contribution >= 4 is 5.91 Å². The van der Waals surface area contributed by atoms with E-state index in [1.54, 1.807) is 21.8 Å². The van der Waals surface area contributed by atoms with E-state index in [9.17, 15) is 9.90 Å². The van der Waals surface area contributed by atoms with Crippen LogP contribution in [0.5, 0.6) is 0 Å². The largest absolute Gasteiger partial charge is 0.393 e. The van der Waals surface area contributed by atoms with Gasteiger partial charge in [0.15, 0.2) is 5.82 Å². The molecule has 0 atom stereocenters. The predicted molar refractivity (Wildman–Crippen MR) is 82.0 cm³/mol. The van der Waals surface area contributed by atoms with Crippen molar-refractivity contribution in [3.8, 4) is 5.82 Å². The van der Waals surface area contributed by atoms with Crippen LogP contribution in [0.3, 0.4) is 0 Å². The van der Waals surface area contributed by atoms with Crippen molar-refractivity contribution in [3.05, 3.63) is 41.3 Å². The van der Waals surface area contributed by atoms with E-state index < -0.39 is 0 Å². The smallest absolute Gasteiger partial charge is 0.255 e. The Morgan fingerprint density at radius 1 is 1.27 bits per heavy atom. The molecule has 6 heteroatoms. The average Bonchev–Trinajstić information content (AvgIpc) is 2.86. The van der Waals surface area contributed by atoms with Crippen LogP contribution >= 0.6 is 0 Å². The Kier molecular flexibility index (Phi) is 3.94. The molecule has 6 nitrogen and oxygen atoms in total. The van der Waals surface area contributed by atoms with Crippen molar-refractivity contribution in [1.29, 1.82) is 0 Å². The molecule has 3 heterocycles. The van der Waals surface area contributed by atoms with Crippen LogP contribution in [0, 0.1) is 13.8 Å². The fourth-order valence-electron chi connectivity index (χ4n) is 2.75. The van der Waals surface area contributed by atoms with Crippen molar-refractivity contribution in [3.63, 3.8) is 0 Å². The molecule has 22 heavy (non-hydrogen) atoms. The van der Waals surface area contributed by atoms with E-state index in [-0.39, 0.29) is 12.0 Å². The van der Waals surface area contributed by atoms with Gasteiger partial charge in [0.1, 0.15) is 0 Å². The van der Waals surface area contributed by atoms with Gasteiger partial charge in [0.2, 0.25) is 0 Å². The fraction of sp³-hybridized carbons (Fsp3) is 0.438. The van der Waals surface area contributed by atoms with Crippen LogP contribution in [0.2, 0.25) is 0 Å². The van der Waals surface area contributed by atoms with Crippen molar-refractivity contribution in [2.45, 2.75) is 32.8 Å². The van der Waals surface area contributed by atoms with Crippen LogP contribution in [0.1, 0.15) is 34.6 Å². The second-order valence-electron chi connectivity index (χ2n) is 5.77. The van der Waals surface area contributed by atoms with Gasteiger partial charge in [0.05, 0.1) is 17.4 Å². The number of pyridine rings is 1. The molecule has 0 unspecified atom stereocenters. The van der Waals surface area contributed by atoms with E-state index in [2.05, 4.69) is 10.1 Å². The summed E-state index contributed by atoms with van der Waals surface area (Å²) in [5.74, 6) is 0.676. The summed E-state index contributed by atoms with van der Waals surface area (Å²) >= 11 is 0. The number of aliphatic hydroxyl groups excluding tert-OH is 1. The van der Waals surface area contributed by atoms with Crippen molar-refractivity contribution in [2.24, 2.45) is 0 Å². The van der Waals surface area contributed by atoms with Crippen LogP contribution in [0.25, 0.3) is 5.82 Å². The molecule has 116 valence electrons. The topological polar surface area (TPSA) is 71.2 Å². The van der Waals surface area contributed by atoms with Gasteiger partial charge in [-0.05, 0) is 44.9 Å². The lowest BCUT2D eigenvalue weighted by molar-refractivity contribution is 0.0546. The molecule has 2 aromatic heterocycles. The van der Waals surface area contributed by atoms with Gasteiger partial charge in [0.25, 0.3) is 5.91 Å². The van der Waals surface area contributed by atoms with Crippen molar-refractivity contribution < 1.29 is 9.90 Å². The lowest BCUT2D eigenvalue weighted by atomic mass is 10.1. The van der Waals surface area contributed by atoms with Crippen LogP contribution in [-0.2, 0) is 0 Å². The molecule has 2 aromatic rings. The molecule has 1 aliphatic heterocycles. The molecular weight excluding hydrogens is 280 g/mol. The summed E-state index contributed by atoms with van der Waals surface area (Å²) in [7, 11) is 0. The highest BCUT2D eigenvalue weighted by Gasteiger charge is 2.22. The SMILES string of the molecule is Cc1cc(C)n(-c2ccc(C(=O)N3CCC(O)CC3)cn2)n1. The van der Waals surface area contributed by atoms with E-state index in [0.717, 1.165) is 11.4 Å². The zero-order valence-electron chi connectivity index (χ0n) is 12.9.